The molecule has 0 aliphatic heterocycles. The fourth-order valence-corrected chi connectivity index (χ4v) is 1.63. The maximum absolute atomic E-state index is 13.4. The van der Waals surface area contributed by atoms with E-state index in [2.05, 4.69) is 0 Å². The minimum absolute atomic E-state index is 0.0162. The highest BCUT2D eigenvalue weighted by Gasteiger charge is 2.34. The van der Waals surface area contributed by atoms with Crippen LogP contribution in [0.15, 0.2) is 12.1 Å². The van der Waals surface area contributed by atoms with E-state index in [1.807, 2.05) is 0 Å². The van der Waals surface area contributed by atoms with Crippen LogP contribution in [-0.4, -0.2) is 5.11 Å². The molecule has 1 unspecified atom stereocenters. The molecule has 14 heavy (non-hydrogen) atoms. The maximum atomic E-state index is 13.4. The highest BCUT2D eigenvalue weighted by atomic mass is 35.5. The van der Waals surface area contributed by atoms with Gasteiger partial charge in [0.05, 0.1) is 16.7 Å². The Labute approximate surface area is 85.3 Å². The maximum Gasteiger partial charge on any atom is 0.150 e. The fourth-order valence-electron chi connectivity index (χ4n) is 1.46. The van der Waals surface area contributed by atoms with Crippen molar-refractivity contribution in [3.8, 4) is 0 Å². The predicted molar refractivity (Wildman–Crippen MR) is 49.1 cm³/mol. The molecule has 0 heterocycles. The van der Waals surface area contributed by atoms with Gasteiger partial charge in [0.15, 0.2) is 5.82 Å². The van der Waals surface area contributed by atoms with Gasteiger partial charge < -0.3 is 5.11 Å². The normalized spacial score (nSPS) is 18.3. The molecule has 0 spiro atoms. The summed E-state index contributed by atoms with van der Waals surface area (Å²) in [5.41, 5.74) is -0.292. The van der Waals surface area contributed by atoms with E-state index in [9.17, 15) is 13.9 Å². The monoisotopic (exact) mass is 218 g/mol. The molecule has 1 N–H and O–H groups in total. The van der Waals surface area contributed by atoms with Crippen LogP contribution in [-0.2, 0) is 0 Å². The van der Waals surface area contributed by atoms with Gasteiger partial charge in [0.1, 0.15) is 5.82 Å². The zero-order valence-electron chi connectivity index (χ0n) is 7.30. The van der Waals surface area contributed by atoms with Crippen LogP contribution >= 0.6 is 11.6 Å². The Morgan fingerprint density at radius 2 is 2.00 bits per heavy atom. The van der Waals surface area contributed by atoms with Gasteiger partial charge in [0, 0.05) is 0 Å². The number of aliphatic hydroxyl groups is 1. The smallest absolute Gasteiger partial charge is 0.150 e. The van der Waals surface area contributed by atoms with E-state index in [-0.39, 0.29) is 16.5 Å². The van der Waals surface area contributed by atoms with Crippen LogP contribution in [0, 0.1) is 17.6 Å². The number of hydrogen-bond donors (Lipinski definition) is 1. The summed E-state index contributed by atoms with van der Waals surface area (Å²) in [5, 5.41) is 9.46. The van der Waals surface area contributed by atoms with Gasteiger partial charge in [-0.3, -0.25) is 0 Å². The second-order valence-corrected chi connectivity index (χ2v) is 3.95. The van der Waals surface area contributed by atoms with Gasteiger partial charge in [0.2, 0.25) is 0 Å². The predicted octanol–water partition coefficient (Wildman–Crippen LogP) is 3.06. The molecule has 2 rings (SSSR count). The van der Waals surface area contributed by atoms with Crippen LogP contribution < -0.4 is 0 Å². The minimum atomic E-state index is -1.06. The Morgan fingerprint density at radius 1 is 1.36 bits per heavy atom. The van der Waals surface area contributed by atoms with Crippen LogP contribution in [0.25, 0.3) is 0 Å². The van der Waals surface area contributed by atoms with Crippen molar-refractivity contribution in [3.63, 3.8) is 0 Å². The summed E-state index contributed by atoms with van der Waals surface area (Å²) in [6.45, 7) is 0. The van der Waals surface area contributed by atoms with Crippen molar-refractivity contribution in [1.29, 1.82) is 0 Å². The molecule has 4 heteroatoms. The molecule has 0 bridgehead atoms. The number of halogens is 3. The molecule has 1 fully saturated rings. The van der Waals surface area contributed by atoms with E-state index < -0.39 is 17.7 Å². The molecule has 0 aromatic heterocycles. The number of aliphatic hydroxyl groups excluding tert-OH is 1. The van der Waals surface area contributed by atoms with Gasteiger partial charge in [-0.15, -0.1) is 0 Å². The topological polar surface area (TPSA) is 20.2 Å². The van der Waals surface area contributed by atoms with Crippen molar-refractivity contribution >= 4 is 11.6 Å². The molecular weight excluding hydrogens is 210 g/mol. The zero-order valence-corrected chi connectivity index (χ0v) is 8.06. The lowest BCUT2D eigenvalue weighted by Gasteiger charge is -2.12. The Morgan fingerprint density at radius 3 is 2.57 bits per heavy atom. The molecule has 1 aliphatic carbocycles. The van der Waals surface area contributed by atoms with E-state index in [1.165, 1.54) is 0 Å². The molecule has 0 radical (unpaired) electrons. The summed E-state index contributed by atoms with van der Waals surface area (Å²) < 4.78 is 26.6. The largest absolute Gasteiger partial charge is 0.388 e. The minimum Gasteiger partial charge on any atom is -0.388 e. The highest BCUT2D eigenvalue weighted by molar-refractivity contribution is 6.30. The zero-order chi connectivity index (χ0) is 10.3. The van der Waals surface area contributed by atoms with Gasteiger partial charge in [-0.2, -0.15) is 0 Å². The Balaban J connectivity index is 2.43. The second-order valence-electron chi connectivity index (χ2n) is 3.54. The van der Waals surface area contributed by atoms with Crippen LogP contribution in [0.3, 0.4) is 0 Å². The first-order valence-electron chi connectivity index (χ1n) is 4.42. The van der Waals surface area contributed by atoms with E-state index in [0.29, 0.717) is 0 Å². The number of rotatable bonds is 2. The van der Waals surface area contributed by atoms with Crippen LogP contribution in [0.2, 0.25) is 5.02 Å². The lowest BCUT2D eigenvalue weighted by atomic mass is 10.0. The number of benzene rings is 1. The molecular formula is C10H9ClF2O. The average Bonchev–Trinajstić information content (AvgIpc) is 2.95. The quantitative estimate of drug-likeness (QED) is 0.757. The molecule has 1 aromatic carbocycles. The Hall–Kier alpha value is -0.670. The van der Waals surface area contributed by atoms with E-state index in [4.69, 9.17) is 11.6 Å². The molecule has 0 saturated heterocycles. The molecule has 1 aliphatic rings. The molecule has 1 saturated carbocycles. The summed E-state index contributed by atoms with van der Waals surface area (Å²) in [6.07, 6.45) is 0.563. The van der Waals surface area contributed by atoms with Gasteiger partial charge >= 0.3 is 0 Å². The first kappa shape index (κ1) is 9.87. The fraction of sp³-hybridized carbons (Fsp3) is 0.400. The summed E-state index contributed by atoms with van der Waals surface area (Å²) in [6, 6.07) is 2.22. The average molecular weight is 219 g/mol. The van der Waals surface area contributed by atoms with Crippen LogP contribution in [0.4, 0.5) is 8.78 Å². The van der Waals surface area contributed by atoms with Crippen molar-refractivity contribution in [1.82, 2.24) is 0 Å². The van der Waals surface area contributed by atoms with Gasteiger partial charge in [0.25, 0.3) is 0 Å². The second kappa shape index (κ2) is 3.48. The van der Waals surface area contributed by atoms with Crippen molar-refractivity contribution < 1.29 is 13.9 Å². The molecule has 0 amide bonds. The lowest BCUT2D eigenvalue weighted by Crippen LogP contribution is -2.06. The Kier molecular flexibility index (Phi) is 2.45. The summed E-state index contributed by atoms with van der Waals surface area (Å²) in [7, 11) is 0. The molecule has 1 aromatic rings. The first-order valence-corrected chi connectivity index (χ1v) is 4.80. The Bertz CT molecular complexity index is 363. The summed E-state index contributed by atoms with van der Waals surface area (Å²) in [5.74, 6) is -1.59. The van der Waals surface area contributed by atoms with E-state index in [0.717, 1.165) is 25.0 Å². The van der Waals surface area contributed by atoms with Gasteiger partial charge in [-0.1, -0.05) is 11.6 Å². The third-order valence-corrected chi connectivity index (χ3v) is 2.74. The van der Waals surface area contributed by atoms with Crippen molar-refractivity contribution in [2.75, 3.05) is 0 Å². The van der Waals surface area contributed by atoms with Gasteiger partial charge in [-0.05, 0) is 30.9 Å². The van der Waals surface area contributed by atoms with Crippen molar-refractivity contribution in [2.45, 2.75) is 18.9 Å². The summed E-state index contributed by atoms with van der Waals surface area (Å²) >= 11 is 5.50. The molecule has 1 nitrogen and oxygen atoms in total. The van der Waals surface area contributed by atoms with Crippen molar-refractivity contribution in [3.05, 3.63) is 34.4 Å². The third kappa shape index (κ3) is 1.62. The number of hydrogen-bond acceptors (Lipinski definition) is 1. The van der Waals surface area contributed by atoms with E-state index >= 15 is 0 Å². The first-order chi connectivity index (χ1) is 6.61. The van der Waals surface area contributed by atoms with Crippen LogP contribution in [0.1, 0.15) is 24.5 Å². The summed E-state index contributed by atoms with van der Waals surface area (Å²) in [4.78, 5) is 0. The third-order valence-electron chi connectivity index (χ3n) is 2.44. The highest BCUT2D eigenvalue weighted by Crippen LogP contribution is 2.43. The van der Waals surface area contributed by atoms with E-state index in [1.54, 1.807) is 0 Å². The van der Waals surface area contributed by atoms with Crippen molar-refractivity contribution in [2.24, 2.45) is 5.92 Å². The SMILES string of the molecule is OC(c1c(F)ccc(Cl)c1F)C1CC1. The molecule has 1 atom stereocenters. The van der Waals surface area contributed by atoms with Crippen LogP contribution in [0.5, 0.6) is 0 Å². The standard InChI is InChI=1S/C10H9ClF2O/c11-6-3-4-7(12)8(9(6)13)10(14)5-1-2-5/h3-5,10,14H,1-2H2. The lowest BCUT2D eigenvalue weighted by molar-refractivity contribution is 0.144. The van der Waals surface area contributed by atoms with Gasteiger partial charge in [-0.25, -0.2) is 8.78 Å². The molecule has 76 valence electrons.